The molecule has 0 aliphatic carbocycles. The Labute approximate surface area is 133 Å². The van der Waals surface area contributed by atoms with Crippen LogP contribution in [0.25, 0.3) is 0 Å². The van der Waals surface area contributed by atoms with Gasteiger partial charge >= 0.3 is 0 Å². The van der Waals surface area contributed by atoms with Gasteiger partial charge in [0.2, 0.25) is 0 Å². The average Bonchev–Trinajstić information content (AvgIpc) is 2.61. The van der Waals surface area contributed by atoms with E-state index < -0.39 is 0 Å². The van der Waals surface area contributed by atoms with Crippen molar-refractivity contribution in [1.82, 2.24) is 25.5 Å². The molecule has 1 aliphatic heterocycles. The topological polar surface area (TPSA) is 104 Å². The van der Waals surface area contributed by atoms with E-state index in [1.807, 2.05) is 0 Å². The van der Waals surface area contributed by atoms with Gasteiger partial charge in [-0.15, -0.1) is 0 Å². The number of nitrogens with one attached hydrogen (secondary N) is 2. The van der Waals surface area contributed by atoms with Gasteiger partial charge in [0, 0.05) is 37.6 Å². The van der Waals surface area contributed by atoms with Crippen molar-refractivity contribution in [3.8, 4) is 0 Å². The molecule has 0 spiro atoms. The normalized spacial score (nSPS) is 17.7. The quantitative estimate of drug-likeness (QED) is 0.844. The molecular weight excluding hydrogens is 296 g/mol. The lowest BCUT2D eigenvalue weighted by Gasteiger charge is -2.36. The van der Waals surface area contributed by atoms with Crippen LogP contribution in [0.5, 0.6) is 0 Å². The van der Waals surface area contributed by atoms with Crippen molar-refractivity contribution in [3.63, 3.8) is 0 Å². The number of aromatic nitrogens is 4. The van der Waals surface area contributed by atoms with Crippen molar-refractivity contribution in [2.45, 2.75) is 25.3 Å². The van der Waals surface area contributed by atoms with E-state index in [4.69, 9.17) is 0 Å². The van der Waals surface area contributed by atoms with Gasteiger partial charge < -0.3 is 10.2 Å². The summed E-state index contributed by atoms with van der Waals surface area (Å²) in [5.41, 5.74) is 0.0790. The molecule has 0 saturated carbocycles. The van der Waals surface area contributed by atoms with Crippen LogP contribution >= 0.6 is 0 Å². The van der Waals surface area contributed by atoms with E-state index in [9.17, 15) is 9.59 Å². The Balaban J connectivity index is 1.66. The van der Waals surface area contributed by atoms with Crippen LogP contribution in [-0.4, -0.2) is 45.2 Å². The number of piperidine rings is 1. The highest BCUT2D eigenvalue weighted by molar-refractivity contribution is 5.91. The fraction of sp³-hybridized carbons (Fsp3) is 0.400. The second-order valence-corrected chi connectivity index (χ2v) is 5.42. The molecule has 120 valence electrons. The first kappa shape index (κ1) is 15.1. The fourth-order valence-corrected chi connectivity index (χ4v) is 2.73. The number of amides is 1. The first-order valence-electron chi connectivity index (χ1n) is 7.60. The molecule has 8 nitrogen and oxygen atoms in total. The lowest BCUT2D eigenvalue weighted by Crippen LogP contribution is -2.47. The third kappa shape index (κ3) is 3.71. The molecule has 3 heterocycles. The fourth-order valence-electron chi connectivity index (χ4n) is 2.73. The number of carbonyl (C=O) groups is 1. The van der Waals surface area contributed by atoms with E-state index >= 15 is 0 Å². The van der Waals surface area contributed by atoms with Crippen molar-refractivity contribution in [1.29, 1.82) is 0 Å². The maximum absolute atomic E-state index is 12.1. The summed E-state index contributed by atoms with van der Waals surface area (Å²) in [5.74, 6) is 0.487. The monoisotopic (exact) mass is 314 g/mol. The third-order valence-corrected chi connectivity index (χ3v) is 3.88. The molecule has 1 amide bonds. The molecule has 3 rings (SSSR count). The van der Waals surface area contributed by atoms with Crippen molar-refractivity contribution in [3.05, 3.63) is 46.8 Å². The van der Waals surface area contributed by atoms with Crippen molar-refractivity contribution in [2.75, 3.05) is 18.0 Å². The molecule has 0 radical (unpaired) electrons. The summed E-state index contributed by atoms with van der Waals surface area (Å²) < 4.78 is 0. The van der Waals surface area contributed by atoms with Gasteiger partial charge in [-0.3, -0.25) is 14.6 Å². The van der Waals surface area contributed by atoms with E-state index in [1.54, 1.807) is 6.07 Å². The number of carbonyl (C=O) groups excluding carboxylic acids is 1. The van der Waals surface area contributed by atoms with Crippen LogP contribution in [0.3, 0.4) is 0 Å². The smallest absolute Gasteiger partial charge is 0.271 e. The van der Waals surface area contributed by atoms with Crippen LogP contribution in [-0.2, 0) is 0 Å². The van der Waals surface area contributed by atoms with Gasteiger partial charge in [-0.2, -0.15) is 5.10 Å². The maximum Gasteiger partial charge on any atom is 0.271 e. The van der Waals surface area contributed by atoms with E-state index in [-0.39, 0.29) is 17.5 Å². The first-order chi connectivity index (χ1) is 11.2. The SMILES string of the molecule is O=C(NCC1CCCCN1c1ccc(=O)[nH]n1)c1cnccn1. The van der Waals surface area contributed by atoms with E-state index in [1.165, 1.54) is 24.7 Å². The molecule has 2 aromatic heterocycles. The summed E-state index contributed by atoms with van der Waals surface area (Å²) in [4.78, 5) is 33.2. The van der Waals surface area contributed by atoms with Gasteiger partial charge in [0.25, 0.3) is 11.5 Å². The van der Waals surface area contributed by atoms with Crippen molar-refractivity contribution >= 4 is 11.7 Å². The van der Waals surface area contributed by atoms with E-state index in [0.29, 0.717) is 12.2 Å². The largest absolute Gasteiger partial charge is 0.350 e. The summed E-state index contributed by atoms with van der Waals surface area (Å²) in [7, 11) is 0. The van der Waals surface area contributed by atoms with Crippen LogP contribution in [0.15, 0.2) is 35.5 Å². The number of aromatic amines is 1. The molecule has 1 aliphatic rings. The number of anilines is 1. The lowest BCUT2D eigenvalue weighted by atomic mass is 10.0. The molecule has 1 atom stereocenters. The number of hydrogen-bond donors (Lipinski definition) is 2. The Morgan fingerprint density at radius 3 is 3.00 bits per heavy atom. The summed E-state index contributed by atoms with van der Waals surface area (Å²) in [5, 5.41) is 9.44. The minimum Gasteiger partial charge on any atom is -0.350 e. The molecule has 1 fully saturated rings. The molecule has 1 unspecified atom stereocenters. The zero-order valence-corrected chi connectivity index (χ0v) is 12.6. The average molecular weight is 314 g/mol. The maximum atomic E-state index is 12.1. The predicted molar refractivity (Wildman–Crippen MR) is 84.2 cm³/mol. The second kappa shape index (κ2) is 6.99. The van der Waals surface area contributed by atoms with Crippen LogP contribution in [0.2, 0.25) is 0 Å². The number of hydrogen-bond acceptors (Lipinski definition) is 6. The Kier molecular flexibility index (Phi) is 4.60. The van der Waals surface area contributed by atoms with Crippen LogP contribution in [0.1, 0.15) is 29.8 Å². The summed E-state index contributed by atoms with van der Waals surface area (Å²) >= 11 is 0. The predicted octanol–water partition coefficient (Wildman–Crippen LogP) is 0.349. The van der Waals surface area contributed by atoms with Crippen LogP contribution in [0.4, 0.5) is 5.82 Å². The molecule has 2 N–H and O–H groups in total. The highest BCUT2D eigenvalue weighted by atomic mass is 16.2. The molecule has 0 bridgehead atoms. The summed E-state index contributed by atoms with van der Waals surface area (Å²) in [6.45, 7) is 1.35. The van der Waals surface area contributed by atoms with E-state index in [0.717, 1.165) is 31.6 Å². The van der Waals surface area contributed by atoms with Crippen molar-refractivity contribution < 1.29 is 4.79 Å². The van der Waals surface area contributed by atoms with Gasteiger partial charge in [-0.25, -0.2) is 10.1 Å². The van der Waals surface area contributed by atoms with Crippen molar-refractivity contribution in [2.24, 2.45) is 0 Å². The molecule has 0 aromatic carbocycles. The molecular formula is C15H18N6O2. The van der Waals surface area contributed by atoms with Crippen LogP contribution < -0.4 is 15.8 Å². The molecule has 8 heteroatoms. The minimum atomic E-state index is -0.238. The highest BCUT2D eigenvalue weighted by Gasteiger charge is 2.24. The Morgan fingerprint density at radius 1 is 1.35 bits per heavy atom. The van der Waals surface area contributed by atoms with E-state index in [2.05, 4.69) is 30.4 Å². The molecule has 2 aromatic rings. The Hall–Kier alpha value is -2.77. The summed E-state index contributed by atoms with van der Waals surface area (Å²) in [6.07, 6.45) is 7.59. The highest BCUT2D eigenvalue weighted by Crippen LogP contribution is 2.21. The molecule has 23 heavy (non-hydrogen) atoms. The Bertz CT molecular complexity index is 697. The minimum absolute atomic E-state index is 0.141. The van der Waals surface area contributed by atoms with Gasteiger partial charge in [-0.05, 0) is 25.3 Å². The number of rotatable bonds is 4. The lowest BCUT2D eigenvalue weighted by molar-refractivity contribution is 0.0944. The first-order valence-corrected chi connectivity index (χ1v) is 7.60. The van der Waals surface area contributed by atoms with Crippen LogP contribution in [0, 0.1) is 0 Å². The number of H-pyrrole nitrogens is 1. The second-order valence-electron chi connectivity index (χ2n) is 5.42. The zero-order chi connectivity index (χ0) is 16.1. The van der Waals surface area contributed by atoms with Gasteiger partial charge in [0.15, 0.2) is 0 Å². The van der Waals surface area contributed by atoms with Gasteiger partial charge in [0.1, 0.15) is 11.5 Å². The third-order valence-electron chi connectivity index (χ3n) is 3.88. The molecule has 1 saturated heterocycles. The zero-order valence-electron chi connectivity index (χ0n) is 12.6. The van der Waals surface area contributed by atoms with Gasteiger partial charge in [0.05, 0.1) is 6.20 Å². The number of nitrogens with zero attached hydrogens (tertiary/aromatic N) is 4. The van der Waals surface area contributed by atoms with Gasteiger partial charge in [-0.1, -0.05) is 0 Å². The standard InChI is InChI=1S/C15H18N6O2/c22-14-5-4-13(19-20-14)21-8-2-1-3-11(21)9-18-15(23)12-10-16-6-7-17-12/h4-7,10-11H,1-3,8-9H2,(H,18,23)(H,20,22). The Morgan fingerprint density at radius 2 is 2.26 bits per heavy atom. The summed E-state index contributed by atoms with van der Waals surface area (Å²) in [6, 6.07) is 3.32.